The predicted molar refractivity (Wildman–Crippen MR) is 105 cm³/mol. The molecular weight excluding hydrogens is 366 g/mol. The molecule has 0 radical (unpaired) electrons. The first kappa shape index (κ1) is 21.9. The van der Waals surface area contributed by atoms with Crippen molar-refractivity contribution in [2.24, 2.45) is 4.99 Å². The largest absolute Gasteiger partial charge is 0.444 e. The number of guanidine groups is 1. The number of alkyl carbamates (subject to hydrolysis) is 1. The minimum atomic E-state index is -0.525. The third-order valence-electron chi connectivity index (χ3n) is 4.10. The van der Waals surface area contributed by atoms with Crippen LogP contribution in [0.3, 0.4) is 0 Å². The maximum Gasteiger partial charge on any atom is 0.407 e. The summed E-state index contributed by atoms with van der Waals surface area (Å²) < 4.78 is 33.0. The van der Waals surface area contributed by atoms with Gasteiger partial charge >= 0.3 is 6.09 Å². The van der Waals surface area contributed by atoms with Crippen LogP contribution in [-0.2, 0) is 4.74 Å². The molecule has 2 rings (SSSR count). The average molecular weight is 396 g/mol. The summed E-state index contributed by atoms with van der Waals surface area (Å²) in [6.45, 7) is 8.99. The zero-order valence-corrected chi connectivity index (χ0v) is 16.9. The Hall–Kier alpha value is -2.38. The van der Waals surface area contributed by atoms with Crippen LogP contribution in [0.1, 0.15) is 52.0 Å². The molecule has 6 nitrogen and oxygen atoms in total. The van der Waals surface area contributed by atoms with E-state index >= 15 is 0 Å². The highest BCUT2D eigenvalue weighted by Gasteiger charge is 2.42. The summed E-state index contributed by atoms with van der Waals surface area (Å²) in [7, 11) is 0. The van der Waals surface area contributed by atoms with E-state index in [1.807, 2.05) is 27.7 Å². The first-order valence-corrected chi connectivity index (χ1v) is 9.67. The maximum absolute atomic E-state index is 13.9. The van der Waals surface area contributed by atoms with Gasteiger partial charge in [-0.25, -0.2) is 13.6 Å². The fraction of sp³-hybridized carbons (Fsp3) is 0.600. The van der Waals surface area contributed by atoms with E-state index in [0.717, 1.165) is 0 Å². The first-order valence-electron chi connectivity index (χ1n) is 9.67. The van der Waals surface area contributed by atoms with Gasteiger partial charge in [0.25, 0.3) is 0 Å². The molecule has 1 saturated carbocycles. The molecule has 0 bridgehead atoms. The molecule has 0 heterocycles. The van der Waals surface area contributed by atoms with E-state index < -0.39 is 23.3 Å². The van der Waals surface area contributed by atoms with Crippen molar-refractivity contribution in [1.82, 2.24) is 16.0 Å². The highest BCUT2D eigenvalue weighted by molar-refractivity contribution is 5.80. The number of aliphatic imine (C=N–C) groups is 1. The van der Waals surface area contributed by atoms with Crippen molar-refractivity contribution >= 4 is 12.1 Å². The molecule has 1 fully saturated rings. The van der Waals surface area contributed by atoms with Crippen LogP contribution in [0.15, 0.2) is 23.2 Å². The summed E-state index contributed by atoms with van der Waals surface area (Å²) in [6.07, 6.45) is 0.850. The molecule has 0 aromatic heterocycles. The van der Waals surface area contributed by atoms with E-state index in [9.17, 15) is 13.6 Å². The van der Waals surface area contributed by atoms with Gasteiger partial charge in [0, 0.05) is 37.2 Å². The second-order valence-electron chi connectivity index (χ2n) is 7.77. The summed E-state index contributed by atoms with van der Waals surface area (Å²) in [5, 5.41) is 9.03. The Bertz CT molecular complexity index is 684. The number of carbonyl (C=O) groups excluding carboxylic acids is 1. The number of ether oxygens (including phenoxy) is 1. The summed E-state index contributed by atoms with van der Waals surface area (Å²) >= 11 is 0. The lowest BCUT2D eigenvalue weighted by atomic mass is 10.1. The van der Waals surface area contributed by atoms with Gasteiger partial charge in [-0.1, -0.05) is 6.07 Å². The summed E-state index contributed by atoms with van der Waals surface area (Å²) in [6, 6.07) is 3.88. The number of halogens is 2. The number of benzene rings is 1. The third kappa shape index (κ3) is 6.98. The van der Waals surface area contributed by atoms with Crippen LogP contribution >= 0.6 is 0 Å². The molecule has 1 aliphatic carbocycles. The van der Waals surface area contributed by atoms with E-state index in [0.29, 0.717) is 38.4 Å². The fourth-order valence-corrected chi connectivity index (χ4v) is 2.81. The minimum absolute atomic E-state index is 0.0518. The van der Waals surface area contributed by atoms with Crippen LogP contribution in [0.4, 0.5) is 13.6 Å². The molecule has 0 spiro atoms. The number of hydrogen-bond donors (Lipinski definition) is 3. The normalized spacial score (nSPS) is 19.1. The van der Waals surface area contributed by atoms with Crippen LogP contribution in [0.2, 0.25) is 0 Å². The summed E-state index contributed by atoms with van der Waals surface area (Å²) in [4.78, 5) is 16.0. The smallest absolute Gasteiger partial charge is 0.407 e. The van der Waals surface area contributed by atoms with Crippen LogP contribution in [0.25, 0.3) is 0 Å². The molecule has 8 heteroatoms. The standard InChI is InChI=1S/C20H30F2N4O2/c1-5-23-18(24-10-7-11-25-19(27)28-20(2,3)4)26-16-12-13(16)17-14(21)8-6-9-15(17)22/h6,8-9,13,16H,5,7,10-12H2,1-4H3,(H,25,27)(H2,23,24,26). The fourth-order valence-electron chi connectivity index (χ4n) is 2.81. The number of nitrogens with zero attached hydrogens (tertiary/aromatic N) is 1. The molecule has 3 N–H and O–H groups in total. The molecule has 0 aliphatic heterocycles. The van der Waals surface area contributed by atoms with E-state index in [1.54, 1.807) is 0 Å². The van der Waals surface area contributed by atoms with Gasteiger partial charge in [-0.3, -0.25) is 4.99 Å². The van der Waals surface area contributed by atoms with Crippen molar-refractivity contribution in [3.05, 3.63) is 35.4 Å². The van der Waals surface area contributed by atoms with Gasteiger partial charge in [-0.2, -0.15) is 0 Å². The Morgan fingerprint density at radius 2 is 1.93 bits per heavy atom. The molecule has 28 heavy (non-hydrogen) atoms. The number of amides is 1. The number of carbonyl (C=O) groups is 1. The predicted octanol–water partition coefficient (Wildman–Crippen LogP) is 3.29. The lowest BCUT2D eigenvalue weighted by Crippen LogP contribution is -2.39. The molecule has 2 unspecified atom stereocenters. The molecule has 1 amide bonds. The van der Waals surface area contributed by atoms with Gasteiger partial charge in [0.1, 0.15) is 17.2 Å². The zero-order valence-electron chi connectivity index (χ0n) is 16.9. The second-order valence-corrected chi connectivity index (χ2v) is 7.77. The lowest BCUT2D eigenvalue weighted by Gasteiger charge is -2.19. The number of rotatable bonds is 7. The van der Waals surface area contributed by atoms with Crippen molar-refractivity contribution in [2.75, 3.05) is 19.6 Å². The Morgan fingerprint density at radius 1 is 1.25 bits per heavy atom. The monoisotopic (exact) mass is 396 g/mol. The Labute approximate surface area is 165 Å². The third-order valence-corrected chi connectivity index (χ3v) is 4.10. The van der Waals surface area contributed by atoms with Crippen LogP contribution in [0.5, 0.6) is 0 Å². The molecule has 2 atom stereocenters. The Balaban J connectivity index is 1.78. The first-order chi connectivity index (χ1) is 13.2. The van der Waals surface area contributed by atoms with E-state index in [-0.39, 0.29) is 17.5 Å². The van der Waals surface area contributed by atoms with E-state index in [1.165, 1.54) is 18.2 Å². The molecule has 1 aliphatic rings. The van der Waals surface area contributed by atoms with Crippen LogP contribution in [0, 0.1) is 11.6 Å². The number of nitrogens with one attached hydrogen (secondary N) is 3. The second kappa shape index (κ2) is 9.71. The van der Waals surface area contributed by atoms with Crippen molar-refractivity contribution in [3.8, 4) is 0 Å². The van der Waals surface area contributed by atoms with Crippen molar-refractivity contribution < 1.29 is 18.3 Å². The number of hydrogen-bond acceptors (Lipinski definition) is 3. The van der Waals surface area contributed by atoms with Gasteiger partial charge < -0.3 is 20.7 Å². The van der Waals surface area contributed by atoms with Crippen molar-refractivity contribution in [3.63, 3.8) is 0 Å². The highest BCUT2D eigenvalue weighted by Crippen LogP contribution is 2.43. The topological polar surface area (TPSA) is 74.8 Å². The lowest BCUT2D eigenvalue weighted by molar-refractivity contribution is 0.0527. The maximum atomic E-state index is 13.9. The molecule has 0 saturated heterocycles. The van der Waals surface area contributed by atoms with E-state index in [2.05, 4.69) is 20.9 Å². The van der Waals surface area contributed by atoms with Gasteiger partial charge in [0.15, 0.2) is 5.96 Å². The Kier molecular flexibility index (Phi) is 7.60. The highest BCUT2D eigenvalue weighted by atomic mass is 19.1. The van der Waals surface area contributed by atoms with Gasteiger partial charge in [0.2, 0.25) is 0 Å². The molecular formula is C20H30F2N4O2. The van der Waals surface area contributed by atoms with Crippen LogP contribution in [-0.4, -0.2) is 43.3 Å². The van der Waals surface area contributed by atoms with E-state index in [4.69, 9.17) is 4.74 Å². The quantitative estimate of drug-likeness (QED) is 0.376. The SMILES string of the molecule is CCNC(=NCCCNC(=O)OC(C)(C)C)NC1CC1c1c(F)cccc1F. The van der Waals surface area contributed by atoms with Gasteiger partial charge in [-0.15, -0.1) is 0 Å². The summed E-state index contributed by atoms with van der Waals surface area (Å²) in [5.41, 5.74) is -0.388. The molecule has 1 aromatic rings. The molecule has 156 valence electrons. The van der Waals surface area contributed by atoms with Crippen molar-refractivity contribution in [1.29, 1.82) is 0 Å². The van der Waals surface area contributed by atoms with Crippen molar-refractivity contribution in [2.45, 2.75) is 58.1 Å². The molecule has 1 aromatic carbocycles. The zero-order chi connectivity index (χ0) is 20.7. The van der Waals surface area contributed by atoms with Gasteiger partial charge in [-0.05, 0) is 52.7 Å². The Morgan fingerprint density at radius 3 is 2.54 bits per heavy atom. The average Bonchev–Trinajstić information content (AvgIpc) is 3.31. The summed E-state index contributed by atoms with van der Waals surface area (Å²) in [5.74, 6) is -0.614. The minimum Gasteiger partial charge on any atom is -0.444 e. The van der Waals surface area contributed by atoms with Gasteiger partial charge in [0.05, 0.1) is 0 Å². The van der Waals surface area contributed by atoms with Crippen LogP contribution < -0.4 is 16.0 Å².